The van der Waals surface area contributed by atoms with Crippen LogP contribution in [-0.2, 0) is 27.8 Å². The molecule has 164 valence electrons. The molecule has 5 heteroatoms. The van der Waals surface area contributed by atoms with E-state index in [2.05, 4.69) is 28.1 Å². The summed E-state index contributed by atoms with van der Waals surface area (Å²) in [6, 6.07) is 2.07. The molecule has 1 aliphatic carbocycles. The second-order valence-electron chi connectivity index (χ2n) is 10.6. The molecular weight excluding hydrogens is 442 g/mol. The van der Waals surface area contributed by atoms with E-state index in [0.29, 0.717) is 6.42 Å². The summed E-state index contributed by atoms with van der Waals surface area (Å²) in [7, 11) is 0. The molecule has 0 aromatic heterocycles. The third kappa shape index (κ3) is 3.74. The first-order chi connectivity index (χ1) is 13.7. The van der Waals surface area contributed by atoms with Gasteiger partial charge in [-0.2, -0.15) is 0 Å². The second kappa shape index (κ2) is 7.51. The summed E-state index contributed by atoms with van der Waals surface area (Å²) in [5, 5.41) is 0. The fraction of sp³-hybridized carbons (Fsp3) is 0.600. The zero-order valence-electron chi connectivity index (χ0n) is 19.5. The molecule has 1 heterocycles. The van der Waals surface area contributed by atoms with Crippen LogP contribution in [0.5, 0.6) is 0 Å². The Morgan fingerprint density at radius 2 is 1.80 bits per heavy atom. The molecule has 1 atom stereocenters. The minimum absolute atomic E-state index is 0.0377. The van der Waals surface area contributed by atoms with Gasteiger partial charge in [-0.15, -0.1) is 0 Å². The predicted molar refractivity (Wildman–Crippen MR) is 125 cm³/mol. The van der Waals surface area contributed by atoms with Crippen molar-refractivity contribution < 1.29 is 14.3 Å². The number of carbonyl (C=O) groups excluding carboxylic acids is 2. The van der Waals surface area contributed by atoms with Crippen LogP contribution in [0.2, 0.25) is 0 Å². The number of anilines is 1. The van der Waals surface area contributed by atoms with Crippen molar-refractivity contribution in [2.45, 2.75) is 97.6 Å². The van der Waals surface area contributed by atoms with Gasteiger partial charge in [0.15, 0.2) is 5.78 Å². The normalized spacial score (nSPS) is 22.4. The van der Waals surface area contributed by atoms with Crippen LogP contribution in [0.4, 0.5) is 10.5 Å². The minimum atomic E-state index is -1.01. The van der Waals surface area contributed by atoms with Crippen LogP contribution in [0.15, 0.2) is 22.2 Å². The SMILES string of the molecule is CC(C)=CCC1(C)C(=O)C(C)(C)N(C(=O)OC(C)(C)C)c2c1cc(Br)c1c2CCC1. The molecule has 0 radical (unpaired) electrons. The Bertz CT molecular complexity index is 935. The molecule has 1 aromatic carbocycles. The van der Waals surface area contributed by atoms with Crippen molar-refractivity contribution in [3.05, 3.63) is 38.9 Å². The molecular formula is C25H34BrNO3. The highest BCUT2D eigenvalue weighted by Gasteiger charge is 2.56. The summed E-state index contributed by atoms with van der Waals surface area (Å²) in [5.74, 6) is 0.0377. The monoisotopic (exact) mass is 475 g/mol. The van der Waals surface area contributed by atoms with Crippen LogP contribution in [0.25, 0.3) is 0 Å². The number of hydrogen-bond acceptors (Lipinski definition) is 3. The maximum Gasteiger partial charge on any atom is 0.415 e. The number of amides is 1. The van der Waals surface area contributed by atoms with Crippen LogP contribution < -0.4 is 4.90 Å². The molecule has 0 saturated heterocycles. The van der Waals surface area contributed by atoms with Crippen LogP contribution >= 0.6 is 15.9 Å². The highest BCUT2D eigenvalue weighted by atomic mass is 79.9. The summed E-state index contributed by atoms with van der Waals surface area (Å²) in [6.07, 6.45) is 5.21. The van der Waals surface area contributed by atoms with E-state index < -0.39 is 22.6 Å². The Labute approximate surface area is 189 Å². The van der Waals surface area contributed by atoms with E-state index in [0.717, 1.165) is 35.0 Å². The van der Waals surface area contributed by atoms with Gasteiger partial charge in [-0.25, -0.2) is 4.79 Å². The lowest BCUT2D eigenvalue weighted by atomic mass is 9.65. The van der Waals surface area contributed by atoms with E-state index in [1.54, 1.807) is 4.90 Å². The molecule has 0 bridgehead atoms. The average molecular weight is 476 g/mol. The Hall–Kier alpha value is -1.62. The van der Waals surface area contributed by atoms with Crippen molar-refractivity contribution in [2.24, 2.45) is 0 Å². The Morgan fingerprint density at radius 3 is 2.37 bits per heavy atom. The van der Waals surface area contributed by atoms with Gasteiger partial charge in [0.05, 0.1) is 11.1 Å². The summed E-state index contributed by atoms with van der Waals surface area (Å²) in [5.41, 5.74) is 3.04. The van der Waals surface area contributed by atoms with Gasteiger partial charge in [-0.05, 0) is 104 Å². The second-order valence-corrected chi connectivity index (χ2v) is 11.4. The van der Waals surface area contributed by atoms with E-state index in [-0.39, 0.29) is 5.78 Å². The number of benzene rings is 1. The quantitative estimate of drug-likeness (QED) is 0.449. The van der Waals surface area contributed by atoms with E-state index in [1.165, 1.54) is 16.7 Å². The number of fused-ring (bicyclic) bond motifs is 3. The van der Waals surface area contributed by atoms with Gasteiger partial charge < -0.3 is 4.74 Å². The van der Waals surface area contributed by atoms with Gasteiger partial charge in [0.25, 0.3) is 0 Å². The Morgan fingerprint density at radius 1 is 1.20 bits per heavy atom. The number of ether oxygens (including phenoxy) is 1. The number of ketones is 1. The van der Waals surface area contributed by atoms with E-state index in [9.17, 15) is 9.59 Å². The largest absolute Gasteiger partial charge is 0.443 e. The van der Waals surface area contributed by atoms with E-state index >= 15 is 0 Å². The van der Waals surface area contributed by atoms with Crippen molar-refractivity contribution in [1.82, 2.24) is 0 Å². The molecule has 4 nitrogen and oxygen atoms in total. The smallest absolute Gasteiger partial charge is 0.415 e. The van der Waals surface area contributed by atoms with Crippen molar-refractivity contribution >= 4 is 33.5 Å². The molecule has 3 rings (SSSR count). The lowest BCUT2D eigenvalue weighted by Crippen LogP contribution is -2.63. The summed E-state index contributed by atoms with van der Waals surface area (Å²) in [4.78, 5) is 29.0. The van der Waals surface area contributed by atoms with Crippen LogP contribution in [0, 0.1) is 0 Å². The number of allylic oxidation sites excluding steroid dienone is 2. The Kier molecular flexibility index (Phi) is 5.77. The van der Waals surface area contributed by atoms with Gasteiger partial charge in [0, 0.05) is 4.47 Å². The Balaban J connectivity index is 2.32. The maximum absolute atomic E-state index is 13.9. The highest BCUT2D eigenvalue weighted by molar-refractivity contribution is 9.10. The number of Topliss-reactive ketones (excluding diaryl/α,β-unsaturated/α-hetero) is 1. The van der Waals surface area contributed by atoms with Gasteiger partial charge in [-0.1, -0.05) is 27.6 Å². The number of nitrogens with zero attached hydrogens (tertiary/aromatic N) is 1. The number of halogens is 1. The van der Waals surface area contributed by atoms with Crippen molar-refractivity contribution in [3.8, 4) is 0 Å². The number of carbonyl (C=O) groups is 2. The molecule has 0 fully saturated rings. The first-order valence-electron chi connectivity index (χ1n) is 10.8. The fourth-order valence-electron chi connectivity index (χ4n) is 4.81. The molecule has 0 saturated carbocycles. The molecule has 1 amide bonds. The topological polar surface area (TPSA) is 46.6 Å². The molecule has 30 heavy (non-hydrogen) atoms. The van der Waals surface area contributed by atoms with Gasteiger partial charge in [-0.3, -0.25) is 9.69 Å². The molecule has 2 aliphatic rings. The zero-order chi connectivity index (χ0) is 22.6. The van der Waals surface area contributed by atoms with Crippen LogP contribution in [0.3, 0.4) is 0 Å². The van der Waals surface area contributed by atoms with E-state index in [1.807, 2.05) is 55.4 Å². The van der Waals surface area contributed by atoms with Crippen molar-refractivity contribution in [1.29, 1.82) is 0 Å². The average Bonchev–Trinajstić information content (AvgIpc) is 3.08. The number of rotatable bonds is 2. The van der Waals surface area contributed by atoms with Crippen molar-refractivity contribution in [3.63, 3.8) is 0 Å². The lowest BCUT2D eigenvalue weighted by molar-refractivity contribution is -0.129. The molecule has 1 unspecified atom stereocenters. The summed E-state index contributed by atoms with van der Waals surface area (Å²) in [6.45, 7) is 15.4. The summed E-state index contributed by atoms with van der Waals surface area (Å²) < 4.78 is 6.82. The van der Waals surface area contributed by atoms with Crippen LogP contribution in [0.1, 0.15) is 84.9 Å². The zero-order valence-corrected chi connectivity index (χ0v) is 21.1. The highest BCUT2D eigenvalue weighted by Crippen LogP contribution is 2.52. The first kappa shape index (κ1) is 23.1. The van der Waals surface area contributed by atoms with Gasteiger partial charge in [0.2, 0.25) is 0 Å². The molecule has 0 spiro atoms. The van der Waals surface area contributed by atoms with Crippen molar-refractivity contribution in [2.75, 3.05) is 4.90 Å². The molecule has 1 aliphatic heterocycles. The summed E-state index contributed by atoms with van der Waals surface area (Å²) >= 11 is 3.75. The lowest BCUT2D eigenvalue weighted by Gasteiger charge is -2.50. The standard InChI is InChI=1S/C25H34BrNO3/c1-15(2)12-13-25(8)18-14-19(26)16-10-9-11-17(16)20(18)27(24(6,7)21(25)28)22(29)30-23(3,4)5/h12,14H,9-11,13H2,1-8H3. The van der Waals surface area contributed by atoms with E-state index in [4.69, 9.17) is 4.74 Å². The number of hydrogen-bond donors (Lipinski definition) is 0. The first-order valence-corrected chi connectivity index (χ1v) is 11.6. The minimum Gasteiger partial charge on any atom is -0.443 e. The fourth-order valence-corrected chi connectivity index (χ4v) is 5.47. The van der Waals surface area contributed by atoms with Gasteiger partial charge in [0.1, 0.15) is 11.1 Å². The van der Waals surface area contributed by atoms with Crippen LogP contribution in [-0.4, -0.2) is 23.0 Å². The van der Waals surface area contributed by atoms with Gasteiger partial charge >= 0.3 is 6.09 Å². The molecule has 1 aromatic rings. The third-order valence-electron chi connectivity index (χ3n) is 6.25. The maximum atomic E-state index is 13.9. The predicted octanol–water partition coefficient (Wildman–Crippen LogP) is 6.65. The third-order valence-corrected chi connectivity index (χ3v) is 6.95. The molecule has 0 N–H and O–H groups in total.